The van der Waals surface area contributed by atoms with Crippen molar-refractivity contribution in [3.63, 3.8) is 0 Å². The van der Waals surface area contributed by atoms with Crippen LogP contribution in [0.5, 0.6) is 5.75 Å². The van der Waals surface area contributed by atoms with Gasteiger partial charge in [0.1, 0.15) is 11.5 Å². The summed E-state index contributed by atoms with van der Waals surface area (Å²) in [6.45, 7) is -0.628. The largest absolute Gasteiger partial charge is 0.573 e. The number of amides is 3. The van der Waals surface area contributed by atoms with Crippen LogP contribution in [0.15, 0.2) is 53.2 Å². The van der Waals surface area contributed by atoms with Crippen LogP contribution in [0.3, 0.4) is 0 Å². The van der Waals surface area contributed by atoms with E-state index in [4.69, 9.17) is 4.42 Å². The second-order valence-electron chi connectivity index (χ2n) is 5.37. The number of nitrogens with one attached hydrogen (secondary N) is 2. The van der Waals surface area contributed by atoms with Crippen LogP contribution in [-0.2, 0) is 20.9 Å². The number of hydrogen-bond donors (Lipinski definition) is 2. The van der Waals surface area contributed by atoms with E-state index in [1.807, 2.05) is 5.32 Å². The van der Waals surface area contributed by atoms with Gasteiger partial charge in [0.05, 0.1) is 12.8 Å². The first kappa shape index (κ1) is 21.5. The molecule has 0 radical (unpaired) electrons. The van der Waals surface area contributed by atoms with E-state index in [2.05, 4.69) is 14.8 Å². The fraction of sp³-hybridized carbons (Fsp3) is 0.167. The first-order chi connectivity index (χ1) is 13.7. The predicted molar refractivity (Wildman–Crippen MR) is 92.2 cm³/mol. The number of furan rings is 1. The first-order valence-corrected chi connectivity index (χ1v) is 8.02. The Morgan fingerprint density at radius 3 is 2.45 bits per heavy atom. The van der Waals surface area contributed by atoms with Crippen molar-refractivity contribution < 1.29 is 41.4 Å². The van der Waals surface area contributed by atoms with E-state index in [1.54, 1.807) is 12.1 Å². The Morgan fingerprint density at radius 1 is 1.10 bits per heavy atom. The smallest absolute Gasteiger partial charge is 0.467 e. The lowest BCUT2D eigenvalue weighted by molar-refractivity contribution is -0.274. The Kier molecular flexibility index (Phi) is 7.40. The van der Waals surface area contributed by atoms with E-state index < -0.39 is 36.6 Å². The van der Waals surface area contributed by atoms with E-state index in [0.29, 0.717) is 11.3 Å². The van der Waals surface area contributed by atoms with E-state index >= 15 is 0 Å². The van der Waals surface area contributed by atoms with Crippen LogP contribution < -0.4 is 15.4 Å². The molecule has 2 N–H and O–H groups in total. The Balaban J connectivity index is 1.70. The molecule has 3 amide bonds. The molecule has 2 aromatic rings. The summed E-state index contributed by atoms with van der Waals surface area (Å²) in [6, 6.07) is 7.21. The molecule has 29 heavy (non-hydrogen) atoms. The number of imide groups is 1. The zero-order valence-corrected chi connectivity index (χ0v) is 14.7. The molecule has 154 valence electrons. The highest BCUT2D eigenvalue weighted by atomic mass is 19.4. The number of urea groups is 1. The van der Waals surface area contributed by atoms with Crippen LogP contribution in [0.25, 0.3) is 6.08 Å². The summed E-state index contributed by atoms with van der Waals surface area (Å²) in [7, 11) is 0. The van der Waals surface area contributed by atoms with Gasteiger partial charge in [-0.1, -0.05) is 12.1 Å². The van der Waals surface area contributed by atoms with Gasteiger partial charge in [-0.05, 0) is 35.9 Å². The zero-order valence-electron chi connectivity index (χ0n) is 14.7. The lowest BCUT2D eigenvalue weighted by Crippen LogP contribution is -2.41. The molecule has 0 bridgehead atoms. The van der Waals surface area contributed by atoms with Crippen LogP contribution in [0.1, 0.15) is 11.3 Å². The van der Waals surface area contributed by atoms with Gasteiger partial charge in [-0.15, -0.1) is 13.2 Å². The normalized spacial score (nSPS) is 11.1. The molecule has 0 unspecified atom stereocenters. The molecule has 0 fully saturated rings. The standard InChI is InChI=1S/C18H15F3N2O6/c19-18(20,21)29-13-6-3-12(4-7-13)5-8-16(25)28-11-15(24)23-17(26)22-10-14-2-1-9-27-14/h1-9H,10-11H2,(H2,22,23,24,26)/b8-5+. The molecule has 0 saturated heterocycles. The van der Waals surface area contributed by atoms with Gasteiger partial charge in [0.15, 0.2) is 6.61 Å². The summed E-state index contributed by atoms with van der Waals surface area (Å²) in [6.07, 6.45) is -1.12. The van der Waals surface area contributed by atoms with Gasteiger partial charge in [-0.3, -0.25) is 10.1 Å². The van der Waals surface area contributed by atoms with Crippen molar-refractivity contribution in [2.24, 2.45) is 0 Å². The Hall–Kier alpha value is -3.76. The van der Waals surface area contributed by atoms with Gasteiger partial charge in [-0.2, -0.15) is 0 Å². The quantitative estimate of drug-likeness (QED) is 0.535. The van der Waals surface area contributed by atoms with Crippen LogP contribution in [0, 0.1) is 0 Å². The molecule has 0 spiro atoms. The SMILES string of the molecule is O=C(COC(=O)/C=C/c1ccc(OC(F)(F)F)cc1)NC(=O)NCc1ccco1. The molecule has 0 aliphatic rings. The second-order valence-corrected chi connectivity index (χ2v) is 5.37. The minimum Gasteiger partial charge on any atom is -0.467 e. The second kappa shape index (κ2) is 9.97. The highest BCUT2D eigenvalue weighted by molar-refractivity contribution is 5.96. The van der Waals surface area contributed by atoms with Crippen molar-refractivity contribution in [1.29, 1.82) is 0 Å². The molecule has 0 aliphatic carbocycles. The fourth-order valence-electron chi connectivity index (χ4n) is 1.92. The third kappa shape index (κ3) is 8.65. The van der Waals surface area contributed by atoms with Gasteiger partial charge in [0.2, 0.25) is 0 Å². The molecular formula is C18H15F3N2O6. The van der Waals surface area contributed by atoms with Crippen LogP contribution in [-0.4, -0.2) is 30.9 Å². The summed E-state index contributed by atoms with van der Waals surface area (Å²) in [5.41, 5.74) is 0.401. The number of carbonyl (C=O) groups is 3. The average Bonchev–Trinajstić information content (AvgIpc) is 3.16. The minimum atomic E-state index is -4.79. The molecule has 2 rings (SSSR count). The highest BCUT2D eigenvalue weighted by Gasteiger charge is 2.30. The van der Waals surface area contributed by atoms with Crippen molar-refractivity contribution in [2.45, 2.75) is 12.9 Å². The van der Waals surface area contributed by atoms with Crippen molar-refractivity contribution in [1.82, 2.24) is 10.6 Å². The summed E-state index contributed by atoms with van der Waals surface area (Å²) in [4.78, 5) is 34.6. The molecule has 1 heterocycles. The maximum absolute atomic E-state index is 12.1. The molecule has 8 nitrogen and oxygen atoms in total. The topological polar surface area (TPSA) is 107 Å². The van der Waals surface area contributed by atoms with Crippen LogP contribution in [0.2, 0.25) is 0 Å². The van der Waals surface area contributed by atoms with Gasteiger partial charge >= 0.3 is 18.4 Å². The van der Waals surface area contributed by atoms with Gasteiger partial charge in [0, 0.05) is 6.08 Å². The summed E-state index contributed by atoms with van der Waals surface area (Å²) >= 11 is 0. The lowest BCUT2D eigenvalue weighted by Gasteiger charge is -2.08. The maximum atomic E-state index is 12.1. The Labute approximate surface area is 162 Å². The van der Waals surface area contributed by atoms with E-state index in [0.717, 1.165) is 18.2 Å². The molecule has 1 aromatic carbocycles. The minimum absolute atomic E-state index is 0.0709. The fourth-order valence-corrected chi connectivity index (χ4v) is 1.92. The molecule has 0 aliphatic heterocycles. The number of benzene rings is 1. The number of ether oxygens (including phenoxy) is 2. The molecule has 0 atom stereocenters. The first-order valence-electron chi connectivity index (χ1n) is 8.02. The average molecular weight is 412 g/mol. The van der Waals surface area contributed by atoms with E-state index in [9.17, 15) is 27.6 Å². The summed E-state index contributed by atoms with van der Waals surface area (Å²) < 4.78 is 49.6. The van der Waals surface area contributed by atoms with E-state index in [-0.39, 0.29) is 6.54 Å². The Morgan fingerprint density at radius 2 is 1.83 bits per heavy atom. The van der Waals surface area contributed by atoms with Crippen molar-refractivity contribution in [2.75, 3.05) is 6.61 Å². The lowest BCUT2D eigenvalue weighted by atomic mass is 10.2. The summed E-state index contributed by atoms with van der Waals surface area (Å²) in [5, 5.41) is 4.33. The molecule has 11 heteroatoms. The number of halogens is 3. The number of rotatable bonds is 7. The predicted octanol–water partition coefficient (Wildman–Crippen LogP) is 2.76. The van der Waals surface area contributed by atoms with Gasteiger partial charge in [0.25, 0.3) is 5.91 Å². The maximum Gasteiger partial charge on any atom is 0.573 e. The third-order valence-corrected chi connectivity index (χ3v) is 3.13. The monoisotopic (exact) mass is 412 g/mol. The van der Waals surface area contributed by atoms with Crippen molar-refractivity contribution in [3.05, 3.63) is 60.1 Å². The van der Waals surface area contributed by atoms with Gasteiger partial charge in [-0.25, -0.2) is 9.59 Å². The van der Waals surface area contributed by atoms with Crippen LogP contribution in [0.4, 0.5) is 18.0 Å². The Bertz CT molecular complexity index is 861. The number of alkyl halides is 3. The van der Waals surface area contributed by atoms with E-state index in [1.165, 1.54) is 24.5 Å². The number of esters is 1. The van der Waals surface area contributed by atoms with Gasteiger partial charge < -0.3 is 19.2 Å². The van der Waals surface area contributed by atoms with Crippen molar-refractivity contribution in [3.8, 4) is 5.75 Å². The number of carbonyl (C=O) groups excluding carboxylic acids is 3. The van der Waals surface area contributed by atoms with Crippen molar-refractivity contribution >= 4 is 24.0 Å². The highest BCUT2D eigenvalue weighted by Crippen LogP contribution is 2.22. The third-order valence-electron chi connectivity index (χ3n) is 3.13. The number of hydrogen-bond acceptors (Lipinski definition) is 6. The van der Waals surface area contributed by atoms with Crippen LogP contribution >= 0.6 is 0 Å². The summed E-state index contributed by atoms with van der Waals surface area (Å²) in [5.74, 6) is -1.65. The molecule has 1 aromatic heterocycles. The molecule has 0 saturated carbocycles. The molecular weight excluding hydrogens is 397 g/mol. The zero-order chi connectivity index (χ0) is 21.3.